The van der Waals surface area contributed by atoms with Gasteiger partial charge in [0.05, 0.1) is 43.6 Å². The zero-order chi connectivity index (χ0) is 21.0. The minimum atomic E-state index is -0.00140. The summed E-state index contributed by atoms with van der Waals surface area (Å²) in [6.45, 7) is 3.35. The maximum atomic E-state index is 12.9. The van der Waals surface area contributed by atoms with Crippen LogP contribution in [0.3, 0.4) is 0 Å². The van der Waals surface area contributed by atoms with Crippen LogP contribution in [0.4, 0.5) is 5.69 Å². The van der Waals surface area contributed by atoms with Gasteiger partial charge < -0.3 is 19.1 Å². The third-order valence-corrected chi connectivity index (χ3v) is 5.81. The number of ketones is 1. The normalized spacial score (nSPS) is 14.6. The van der Waals surface area contributed by atoms with E-state index in [4.69, 9.17) is 37.4 Å². The fraction of sp³-hybridized carbons (Fsp3) is 0.381. The summed E-state index contributed by atoms with van der Waals surface area (Å²) in [5, 5.41) is 1.11. The highest BCUT2D eigenvalue weighted by atomic mass is 35.5. The molecule has 1 fully saturated rings. The van der Waals surface area contributed by atoms with Gasteiger partial charge in [-0.2, -0.15) is 0 Å². The minimum Gasteiger partial charge on any atom is -0.493 e. The second-order valence-electron chi connectivity index (χ2n) is 6.67. The third-order valence-electron chi connectivity index (χ3n) is 5.00. The number of carbonyl (C=O) groups excluding carboxylic acids is 1. The van der Waals surface area contributed by atoms with Gasteiger partial charge in [-0.3, -0.25) is 9.69 Å². The van der Waals surface area contributed by atoms with E-state index in [-0.39, 0.29) is 5.78 Å². The van der Waals surface area contributed by atoms with Gasteiger partial charge in [-0.05, 0) is 24.3 Å². The lowest BCUT2D eigenvalue weighted by molar-refractivity contribution is 0.0925. The van der Waals surface area contributed by atoms with Crippen LogP contribution in [0.15, 0.2) is 30.3 Å². The number of carbonyl (C=O) groups is 1. The lowest BCUT2D eigenvalue weighted by Gasteiger charge is -2.36. The average Bonchev–Trinajstić information content (AvgIpc) is 2.75. The minimum absolute atomic E-state index is 0.00140. The topological polar surface area (TPSA) is 51.2 Å². The van der Waals surface area contributed by atoms with Crippen molar-refractivity contribution in [1.29, 1.82) is 0 Å². The lowest BCUT2D eigenvalue weighted by atomic mass is 10.1. The van der Waals surface area contributed by atoms with Crippen molar-refractivity contribution in [3.8, 4) is 17.2 Å². The zero-order valence-electron chi connectivity index (χ0n) is 16.7. The Morgan fingerprint density at radius 3 is 2.14 bits per heavy atom. The van der Waals surface area contributed by atoms with Crippen molar-refractivity contribution in [2.45, 2.75) is 0 Å². The summed E-state index contributed by atoms with van der Waals surface area (Å²) < 4.78 is 16.0. The highest BCUT2D eigenvalue weighted by Crippen LogP contribution is 2.38. The molecular formula is C21H24Cl2N2O4. The second kappa shape index (κ2) is 9.57. The van der Waals surface area contributed by atoms with Crippen LogP contribution in [0.25, 0.3) is 0 Å². The maximum Gasteiger partial charge on any atom is 0.203 e. The van der Waals surface area contributed by atoms with E-state index in [1.54, 1.807) is 18.2 Å². The first-order valence-electron chi connectivity index (χ1n) is 9.23. The van der Waals surface area contributed by atoms with Gasteiger partial charge in [0.2, 0.25) is 5.75 Å². The lowest BCUT2D eigenvalue weighted by Crippen LogP contribution is -2.48. The molecule has 0 aliphatic carbocycles. The van der Waals surface area contributed by atoms with Crippen LogP contribution in [0.5, 0.6) is 17.2 Å². The van der Waals surface area contributed by atoms with Crippen LogP contribution in [-0.2, 0) is 0 Å². The molecule has 1 saturated heterocycles. The van der Waals surface area contributed by atoms with Crippen molar-refractivity contribution in [2.75, 3.05) is 59.0 Å². The highest BCUT2D eigenvalue weighted by Gasteiger charge is 2.23. The highest BCUT2D eigenvalue weighted by molar-refractivity contribution is 6.43. The van der Waals surface area contributed by atoms with Gasteiger partial charge in [0.25, 0.3) is 0 Å². The molecule has 8 heteroatoms. The summed E-state index contributed by atoms with van der Waals surface area (Å²) in [7, 11) is 4.60. The monoisotopic (exact) mass is 438 g/mol. The number of methoxy groups -OCH3 is 3. The molecule has 0 unspecified atom stereocenters. The fourth-order valence-electron chi connectivity index (χ4n) is 3.42. The van der Waals surface area contributed by atoms with Crippen molar-refractivity contribution in [2.24, 2.45) is 0 Å². The number of Topliss-reactive ketones (excluding diaryl/α,β-unsaturated/α-hetero) is 1. The number of hydrogen-bond donors (Lipinski definition) is 0. The molecular weight excluding hydrogens is 415 g/mol. The molecule has 0 N–H and O–H groups in total. The molecule has 3 rings (SSSR count). The largest absolute Gasteiger partial charge is 0.493 e. The Balaban J connectivity index is 1.66. The molecule has 2 aromatic carbocycles. The number of nitrogens with zero attached hydrogens (tertiary/aromatic N) is 2. The first-order valence-corrected chi connectivity index (χ1v) is 9.98. The average molecular weight is 439 g/mol. The van der Waals surface area contributed by atoms with Crippen LogP contribution in [0.2, 0.25) is 10.0 Å². The van der Waals surface area contributed by atoms with Crippen molar-refractivity contribution in [3.05, 3.63) is 45.9 Å². The molecule has 156 valence electrons. The standard InChI is InChI=1S/C21H24Cl2N2O4/c1-27-18-11-14(12-19(28-2)21(18)29-3)17(26)13-24-7-9-25(10-8-24)16-6-4-5-15(22)20(16)23/h4-6,11-12H,7-10,13H2,1-3H3. The molecule has 0 spiro atoms. The number of benzene rings is 2. The van der Waals surface area contributed by atoms with E-state index >= 15 is 0 Å². The van der Waals surface area contributed by atoms with Crippen LogP contribution >= 0.6 is 23.2 Å². The van der Waals surface area contributed by atoms with E-state index in [1.165, 1.54) is 21.3 Å². The van der Waals surface area contributed by atoms with Crippen LogP contribution < -0.4 is 19.1 Å². The number of ether oxygens (including phenoxy) is 3. The fourth-order valence-corrected chi connectivity index (χ4v) is 3.84. The summed E-state index contributed by atoms with van der Waals surface area (Å²) in [6, 6.07) is 9.01. The van der Waals surface area contributed by atoms with E-state index < -0.39 is 0 Å². The molecule has 0 radical (unpaired) electrons. The van der Waals surface area contributed by atoms with Gasteiger partial charge in [-0.15, -0.1) is 0 Å². The number of halogens is 2. The second-order valence-corrected chi connectivity index (χ2v) is 7.46. The Labute approximate surface area is 180 Å². The van der Waals surface area contributed by atoms with Gasteiger partial charge in [0, 0.05) is 31.7 Å². The summed E-state index contributed by atoms with van der Waals surface area (Å²) >= 11 is 12.5. The predicted molar refractivity (Wildman–Crippen MR) is 116 cm³/mol. The van der Waals surface area contributed by atoms with Gasteiger partial charge in [0.15, 0.2) is 17.3 Å². The summed E-state index contributed by atoms with van der Waals surface area (Å²) in [5.74, 6) is 1.41. The van der Waals surface area contributed by atoms with E-state index in [0.717, 1.165) is 31.9 Å². The number of piperazine rings is 1. The Kier molecular flexibility index (Phi) is 7.11. The van der Waals surface area contributed by atoms with Gasteiger partial charge in [-0.25, -0.2) is 0 Å². The number of rotatable bonds is 7. The van der Waals surface area contributed by atoms with E-state index in [9.17, 15) is 4.79 Å². The molecule has 0 atom stereocenters. The first-order chi connectivity index (χ1) is 14.0. The molecule has 1 aliphatic rings. The molecule has 0 bridgehead atoms. The van der Waals surface area contributed by atoms with Crippen molar-refractivity contribution < 1.29 is 19.0 Å². The Morgan fingerprint density at radius 2 is 1.59 bits per heavy atom. The van der Waals surface area contributed by atoms with Crippen molar-refractivity contribution in [1.82, 2.24) is 4.90 Å². The number of hydrogen-bond acceptors (Lipinski definition) is 6. The molecule has 1 aliphatic heterocycles. The molecule has 29 heavy (non-hydrogen) atoms. The Bertz CT molecular complexity index is 858. The number of anilines is 1. The van der Waals surface area contributed by atoms with E-state index in [2.05, 4.69) is 9.80 Å². The van der Waals surface area contributed by atoms with Crippen molar-refractivity contribution >= 4 is 34.7 Å². The Morgan fingerprint density at radius 1 is 0.966 bits per heavy atom. The quantitative estimate of drug-likeness (QED) is 0.608. The van der Waals surface area contributed by atoms with Crippen LogP contribution in [0.1, 0.15) is 10.4 Å². The van der Waals surface area contributed by atoms with E-state index in [0.29, 0.717) is 39.4 Å². The summed E-state index contributed by atoms with van der Waals surface area (Å²) in [5.41, 5.74) is 1.45. The zero-order valence-corrected chi connectivity index (χ0v) is 18.2. The van der Waals surface area contributed by atoms with E-state index in [1.807, 2.05) is 12.1 Å². The summed E-state index contributed by atoms with van der Waals surface area (Å²) in [4.78, 5) is 17.2. The SMILES string of the molecule is COc1cc(C(=O)CN2CCN(c3cccc(Cl)c3Cl)CC2)cc(OC)c1OC. The van der Waals surface area contributed by atoms with Gasteiger partial charge in [0.1, 0.15) is 0 Å². The van der Waals surface area contributed by atoms with Crippen molar-refractivity contribution in [3.63, 3.8) is 0 Å². The third kappa shape index (κ3) is 4.71. The van der Waals surface area contributed by atoms with Gasteiger partial charge >= 0.3 is 0 Å². The molecule has 2 aromatic rings. The predicted octanol–water partition coefficient (Wildman–Crippen LogP) is 4.02. The first kappa shape index (κ1) is 21.6. The summed E-state index contributed by atoms with van der Waals surface area (Å²) in [6.07, 6.45) is 0. The van der Waals surface area contributed by atoms with Crippen LogP contribution in [0, 0.1) is 0 Å². The molecule has 6 nitrogen and oxygen atoms in total. The van der Waals surface area contributed by atoms with Crippen LogP contribution in [-0.4, -0.2) is 64.7 Å². The molecule has 0 saturated carbocycles. The molecule has 1 heterocycles. The molecule has 0 amide bonds. The maximum absolute atomic E-state index is 12.9. The molecule has 0 aromatic heterocycles. The smallest absolute Gasteiger partial charge is 0.203 e. The Hall–Kier alpha value is -2.15. The van der Waals surface area contributed by atoms with Gasteiger partial charge in [-0.1, -0.05) is 29.3 Å².